The molecule has 0 bridgehead atoms. The van der Waals surface area contributed by atoms with Gasteiger partial charge in [0.2, 0.25) is 0 Å². The summed E-state index contributed by atoms with van der Waals surface area (Å²) in [5.41, 5.74) is 2.81. The van der Waals surface area contributed by atoms with E-state index >= 15 is 0 Å². The highest BCUT2D eigenvalue weighted by Gasteiger charge is 2.14. The first-order chi connectivity index (χ1) is 9.81. The fourth-order valence-electron chi connectivity index (χ4n) is 3.28. The fraction of sp³-hybridized carbons (Fsp3) is 0.647. The van der Waals surface area contributed by atoms with E-state index in [1.165, 1.54) is 43.6 Å². The molecular formula is C17H26N2O. The van der Waals surface area contributed by atoms with Gasteiger partial charge in [-0.3, -0.25) is 0 Å². The quantitative estimate of drug-likeness (QED) is 0.861. The molecule has 0 amide bonds. The molecule has 1 saturated heterocycles. The van der Waals surface area contributed by atoms with E-state index in [0.717, 1.165) is 31.7 Å². The van der Waals surface area contributed by atoms with Gasteiger partial charge in [0.1, 0.15) is 5.75 Å². The average molecular weight is 274 g/mol. The van der Waals surface area contributed by atoms with Crippen LogP contribution in [0.3, 0.4) is 0 Å². The van der Waals surface area contributed by atoms with Crippen LogP contribution in [0.15, 0.2) is 18.2 Å². The molecule has 20 heavy (non-hydrogen) atoms. The SMILES string of the molecule is CC(CN1CCCC1)NCCc1ccc2c(c1)CCO2. The van der Waals surface area contributed by atoms with Crippen LogP contribution in [0.25, 0.3) is 0 Å². The molecule has 0 aliphatic carbocycles. The van der Waals surface area contributed by atoms with E-state index in [1.807, 2.05) is 0 Å². The van der Waals surface area contributed by atoms with Crippen LogP contribution in [-0.4, -0.2) is 43.7 Å². The third kappa shape index (κ3) is 3.53. The molecular weight excluding hydrogens is 248 g/mol. The molecule has 2 aliphatic rings. The maximum atomic E-state index is 5.55. The number of likely N-dealkylation sites (tertiary alicyclic amines) is 1. The van der Waals surface area contributed by atoms with Gasteiger partial charge < -0.3 is 15.0 Å². The summed E-state index contributed by atoms with van der Waals surface area (Å²) in [5, 5.41) is 3.65. The smallest absolute Gasteiger partial charge is 0.122 e. The Kier molecular flexibility index (Phi) is 4.58. The van der Waals surface area contributed by atoms with E-state index in [4.69, 9.17) is 4.74 Å². The Balaban J connectivity index is 1.40. The second-order valence-corrected chi connectivity index (χ2v) is 6.15. The van der Waals surface area contributed by atoms with Crippen molar-refractivity contribution in [2.45, 2.75) is 38.6 Å². The van der Waals surface area contributed by atoms with Crippen molar-refractivity contribution in [3.8, 4) is 5.75 Å². The molecule has 0 spiro atoms. The molecule has 2 aliphatic heterocycles. The molecule has 1 unspecified atom stereocenters. The molecule has 3 nitrogen and oxygen atoms in total. The predicted octanol–water partition coefficient (Wildman–Crippen LogP) is 2.24. The first-order valence-electron chi connectivity index (χ1n) is 8.01. The first-order valence-corrected chi connectivity index (χ1v) is 8.01. The molecule has 0 saturated carbocycles. The lowest BCUT2D eigenvalue weighted by Gasteiger charge is -2.21. The zero-order valence-corrected chi connectivity index (χ0v) is 12.5. The van der Waals surface area contributed by atoms with Gasteiger partial charge in [-0.1, -0.05) is 12.1 Å². The highest BCUT2D eigenvalue weighted by molar-refractivity contribution is 5.39. The molecule has 1 fully saturated rings. The van der Waals surface area contributed by atoms with Gasteiger partial charge in [0.15, 0.2) is 0 Å². The summed E-state index contributed by atoms with van der Waals surface area (Å²) in [5.74, 6) is 1.09. The minimum atomic E-state index is 0.589. The Hall–Kier alpha value is -1.06. The lowest BCUT2D eigenvalue weighted by Crippen LogP contribution is -2.38. The molecule has 2 heterocycles. The van der Waals surface area contributed by atoms with E-state index in [2.05, 4.69) is 35.3 Å². The van der Waals surface area contributed by atoms with Gasteiger partial charge in [-0.05, 0) is 63.0 Å². The van der Waals surface area contributed by atoms with Crippen LogP contribution >= 0.6 is 0 Å². The minimum Gasteiger partial charge on any atom is -0.493 e. The molecule has 1 N–H and O–H groups in total. The average Bonchev–Trinajstić information content (AvgIpc) is 3.09. The number of rotatable bonds is 6. The molecule has 110 valence electrons. The maximum absolute atomic E-state index is 5.55. The van der Waals surface area contributed by atoms with Crippen LogP contribution in [0.2, 0.25) is 0 Å². The molecule has 0 radical (unpaired) electrons. The minimum absolute atomic E-state index is 0.589. The lowest BCUT2D eigenvalue weighted by molar-refractivity contribution is 0.299. The summed E-state index contributed by atoms with van der Waals surface area (Å²) in [7, 11) is 0. The normalized spacial score (nSPS) is 19.9. The maximum Gasteiger partial charge on any atom is 0.122 e. The van der Waals surface area contributed by atoms with E-state index in [1.54, 1.807) is 0 Å². The van der Waals surface area contributed by atoms with E-state index in [0.29, 0.717) is 6.04 Å². The van der Waals surface area contributed by atoms with Crippen LogP contribution in [0, 0.1) is 0 Å². The van der Waals surface area contributed by atoms with Crippen LogP contribution < -0.4 is 10.1 Å². The van der Waals surface area contributed by atoms with Crippen molar-refractivity contribution >= 4 is 0 Å². The zero-order valence-electron chi connectivity index (χ0n) is 12.5. The lowest BCUT2D eigenvalue weighted by atomic mass is 10.1. The third-order valence-electron chi connectivity index (χ3n) is 4.39. The van der Waals surface area contributed by atoms with Crippen LogP contribution in [0.5, 0.6) is 5.75 Å². The molecule has 1 atom stereocenters. The van der Waals surface area contributed by atoms with Gasteiger partial charge in [-0.25, -0.2) is 0 Å². The summed E-state index contributed by atoms with van der Waals surface area (Å²) in [4.78, 5) is 2.57. The highest BCUT2D eigenvalue weighted by Crippen LogP contribution is 2.25. The first kappa shape index (κ1) is 13.9. The fourth-order valence-corrected chi connectivity index (χ4v) is 3.28. The van der Waals surface area contributed by atoms with Crippen molar-refractivity contribution in [3.63, 3.8) is 0 Å². The van der Waals surface area contributed by atoms with Gasteiger partial charge in [0.05, 0.1) is 6.61 Å². The summed E-state index contributed by atoms with van der Waals surface area (Å²) in [6.45, 7) is 7.99. The summed E-state index contributed by atoms with van der Waals surface area (Å²) in [6.07, 6.45) is 4.94. The van der Waals surface area contributed by atoms with Crippen molar-refractivity contribution < 1.29 is 4.74 Å². The van der Waals surface area contributed by atoms with Crippen molar-refractivity contribution in [1.29, 1.82) is 0 Å². The molecule has 1 aromatic carbocycles. The van der Waals surface area contributed by atoms with Gasteiger partial charge in [0, 0.05) is 19.0 Å². The summed E-state index contributed by atoms with van der Waals surface area (Å²) < 4.78 is 5.55. The molecule has 3 rings (SSSR count). The van der Waals surface area contributed by atoms with E-state index < -0.39 is 0 Å². The van der Waals surface area contributed by atoms with Crippen LogP contribution in [0.4, 0.5) is 0 Å². The third-order valence-corrected chi connectivity index (χ3v) is 4.39. The van der Waals surface area contributed by atoms with Crippen molar-refractivity contribution in [2.75, 3.05) is 32.8 Å². The van der Waals surface area contributed by atoms with Gasteiger partial charge in [-0.15, -0.1) is 0 Å². The van der Waals surface area contributed by atoms with Gasteiger partial charge >= 0.3 is 0 Å². The Morgan fingerprint density at radius 3 is 3.00 bits per heavy atom. The largest absolute Gasteiger partial charge is 0.493 e. The number of hydrogen-bond acceptors (Lipinski definition) is 3. The number of nitrogens with one attached hydrogen (secondary N) is 1. The highest BCUT2D eigenvalue weighted by atomic mass is 16.5. The van der Waals surface area contributed by atoms with Gasteiger partial charge in [0.25, 0.3) is 0 Å². The zero-order chi connectivity index (χ0) is 13.8. The molecule has 1 aromatic rings. The number of fused-ring (bicyclic) bond motifs is 1. The van der Waals surface area contributed by atoms with E-state index in [9.17, 15) is 0 Å². The monoisotopic (exact) mass is 274 g/mol. The Morgan fingerprint density at radius 2 is 2.15 bits per heavy atom. The topological polar surface area (TPSA) is 24.5 Å². The number of hydrogen-bond donors (Lipinski definition) is 1. The number of nitrogens with zero attached hydrogens (tertiary/aromatic N) is 1. The molecule has 3 heteroatoms. The summed E-state index contributed by atoms with van der Waals surface area (Å²) >= 11 is 0. The van der Waals surface area contributed by atoms with Crippen LogP contribution in [0.1, 0.15) is 30.9 Å². The van der Waals surface area contributed by atoms with Crippen molar-refractivity contribution in [2.24, 2.45) is 0 Å². The standard InChI is InChI=1S/C17H26N2O/c1-14(13-19-9-2-3-10-19)18-8-6-15-4-5-17-16(12-15)7-11-20-17/h4-5,12,14,18H,2-3,6-11,13H2,1H3. The molecule has 0 aromatic heterocycles. The Bertz CT molecular complexity index is 441. The van der Waals surface area contributed by atoms with Crippen molar-refractivity contribution in [1.82, 2.24) is 10.2 Å². The Morgan fingerprint density at radius 1 is 1.30 bits per heavy atom. The number of ether oxygens (including phenoxy) is 1. The van der Waals surface area contributed by atoms with Crippen LogP contribution in [-0.2, 0) is 12.8 Å². The number of benzene rings is 1. The summed E-state index contributed by atoms with van der Waals surface area (Å²) in [6, 6.07) is 7.24. The Labute approximate surface area is 122 Å². The van der Waals surface area contributed by atoms with E-state index in [-0.39, 0.29) is 0 Å². The second kappa shape index (κ2) is 6.59. The van der Waals surface area contributed by atoms with Crippen molar-refractivity contribution in [3.05, 3.63) is 29.3 Å². The van der Waals surface area contributed by atoms with Gasteiger partial charge in [-0.2, -0.15) is 0 Å². The predicted molar refractivity (Wildman–Crippen MR) is 82.5 cm³/mol. The second-order valence-electron chi connectivity index (χ2n) is 6.15.